The molecule has 0 bridgehead atoms. The smallest absolute Gasteiger partial charge is 0.310 e. The van der Waals surface area contributed by atoms with Crippen LogP contribution in [0, 0.1) is 44.3 Å². The highest BCUT2D eigenvalue weighted by Gasteiger charge is 2.67. The Hall–Kier alpha value is -1.58. The van der Waals surface area contributed by atoms with Crippen molar-refractivity contribution in [1.82, 2.24) is 0 Å². The Bertz CT molecular complexity index is 1050. The first-order valence-corrected chi connectivity index (χ1v) is 14.4. The van der Waals surface area contributed by atoms with Crippen molar-refractivity contribution >= 4 is 11.9 Å². The number of hydrogen-bond donors (Lipinski definition) is 1. The summed E-state index contributed by atoms with van der Waals surface area (Å²) in [5, 5.41) is 10.5. The van der Waals surface area contributed by atoms with Crippen LogP contribution in [-0.2, 0) is 14.3 Å². The van der Waals surface area contributed by atoms with Crippen LogP contribution in [0.3, 0.4) is 0 Å². The van der Waals surface area contributed by atoms with Crippen molar-refractivity contribution in [3.63, 3.8) is 0 Å². The first-order valence-electron chi connectivity index (χ1n) is 14.4. The molecule has 0 amide bonds. The van der Waals surface area contributed by atoms with Gasteiger partial charge in [0.05, 0.1) is 5.41 Å². The number of ether oxygens (including phenoxy) is 1. The second-order valence-electron chi connectivity index (χ2n) is 15.2. The molecule has 36 heavy (non-hydrogen) atoms. The van der Waals surface area contributed by atoms with E-state index in [-0.39, 0.29) is 45.1 Å². The third-order valence-corrected chi connectivity index (χ3v) is 12.7. The minimum absolute atomic E-state index is 0.0149. The van der Waals surface area contributed by atoms with Crippen LogP contribution in [0.4, 0.5) is 0 Å². The number of fused-ring (bicyclic) bond motifs is 7. The Morgan fingerprint density at radius 3 is 2.17 bits per heavy atom. The zero-order valence-corrected chi connectivity index (χ0v) is 23.9. The Morgan fingerprint density at radius 1 is 0.861 bits per heavy atom. The molecule has 0 heterocycles. The number of carbonyl (C=O) groups excluding carboxylic acids is 1. The summed E-state index contributed by atoms with van der Waals surface area (Å²) in [7, 11) is 0. The first-order chi connectivity index (χ1) is 16.5. The molecule has 0 radical (unpaired) electrons. The molecule has 5 aliphatic carbocycles. The van der Waals surface area contributed by atoms with Crippen molar-refractivity contribution < 1.29 is 19.4 Å². The van der Waals surface area contributed by atoms with E-state index in [9.17, 15) is 14.7 Å². The monoisotopic (exact) mass is 496 g/mol. The van der Waals surface area contributed by atoms with Gasteiger partial charge >= 0.3 is 11.9 Å². The van der Waals surface area contributed by atoms with Crippen LogP contribution in [0.15, 0.2) is 23.3 Å². The van der Waals surface area contributed by atoms with E-state index in [0.717, 1.165) is 57.8 Å². The molecule has 5 rings (SSSR count). The number of carboxylic acids is 1. The van der Waals surface area contributed by atoms with E-state index < -0.39 is 11.4 Å². The lowest BCUT2D eigenvalue weighted by molar-refractivity contribution is -0.173. The topological polar surface area (TPSA) is 63.6 Å². The summed E-state index contributed by atoms with van der Waals surface area (Å²) in [6.45, 7) is 18.3. The fraction of sp³-hybridized carbons (Fsp3) is 0.812. The van der Waals surface area contributed by atoms with Gasteiger partial charge in [0, 0.05) is 12.3 Å². The zero-order valence-electron chi connectivity index (χ0n) is 23.9. The average molecular weight is 497 g/mol. The molecule has 7 atom stereocenters. The van der Waals surface area contributed by atoms with Gasteiger partial charge in [-0.1, -0.05) is 71.8 Å². The Labute approximate surface area is 218 Å². The van der Waals surface area contributed by atoms with E-state index in [4.69, 9.17) is 4.74 Å². The summed E-state index contributed by atoms with van der Waals surface area (Å²) in [6, 6.07) is 0. The summed E-state index contributed by atoms with van der Waals surface area (Å²) < 4.78 is 5.85. The molecule has 0 aromatic heterocycles. The standard InChI is InChI=1S/C32H48O4/c1-20(33)36-25-12-13-29(6)23(28(25,4)5)11-14-31(8)24(29)10-9-21-22-19-27(2,3)15-17-32(22,26(34)35)18-16-30(21,31)7/h9-10,22-23,25H,11-19H2,1-8H3,(H,34,35)/t22?,23?,25-,29+,30-,31-,32+/m1/s1. The first kappa shape index (κ1) is 26.0. The number of rotatable bonds is 2. The van der Waals surface area contributed by atoms with Crippen molar-refractivity contribution in [2.24, 2.45) is 44.3 Å². The molecule has 0 spiro atoms. The van der Waals surface area contributed by atoms with Gasteiger partial charge in [-0.05, 0) is 91.3 Å². The molecule has 5 aliphatic rings. The Kier molecular flexibility index (Phi) is 5.59. The molecule has 4 nitrogen and oxygen atoms in total. The minimum atomic E-state index is -0.603. The van der Waals surface area contributed by atoms with E-state index in [1.165, 1.54) is 12.5 Å². The van der Waals surface area contributed by atoms with Gasteiger partial charge in [-0.3, -0.25) is 9.59 Å². The third-order valence-electron chi connectivity index (χ3n) is 12.7. The van der Waals surface area contributed by atoms with Crippen LogP contribution in [0.25, 0.3) is 0 Å². The van der Waals surface area contributed by atoms with Gasteiger partial charge in [0.15, 0.2) is 0 Å². The van der Waals surface area contributed by atoms with Gasteiger partial charge in [0.1, 0.15) is 6.10 Å². The largest absolute Gasteiger partial charge is 0.481 e. The molecule has 200 valence electrons. The maximum atomic E-state index is 12.8. The predicted octanol–water partition coefficient (Wildman–Crippen LogP) is 7.72. The van der Waals surface area contributed by atoms with E-state index in [1.807, 2.05) is 0 Å². The van der Waals surface area contributed by atoms with E-state index >= 15 is 0 Å². The lowest BCUT2D eigenvalue weighted by Gasteiger charge is -2.68. The van der Waals surface area contributed by atoms with E-state index in [1.54, 1.807) is 5.57 Å². The molecule has 0 aromatic rings. The number of esters is 1. The molecule has 4 fully saturated rings. The molecular weight excluding hydrogens is 448 g/mol. The molecule has 0 aromatic carbocycles. The summed E-state index contributed by atoms with van der Waals surface area (Å²) in [4.78, 5) is 24.7. The number of hydrogen-bond acceptors (Lipinski definition) is 3. The molecule has 2 unspecified atom stereocenters. The Balaban J connectivity index is 1.60. The number of carboxylic acid groups (broad SMARTS) is 1. The molecule has 0 aliphatic heterocycles. The SMILES string of the molecule is CC(=O)O[C@@H]1CC[C@]2(C)C3=CC=C4C5CC(C)(C)CC[C@]5(C(=O)O)CC[C@@]4(C)[C@]3(C)CCC2C1(C)C. The van der Waals surface area contributed by atoms with Crippen LogP contribution in [0.5, 0.6) is 0 Å². The third kappa shape index (κ3) is 3.24. The highest BCUT2D eigenvalue weighted by atomic mass is 16.5. The van der Waals surface area contributed by atoms with Crippen molar-refractivity contribution in [1.29, 1.82) is 0 Å². The van der Waals surface area contributed by atoms with Crippen LogP contribution in [0.2, 0.25) is 0 Å². The van der Waals surface area contributed by atoms with Crippen molar-refractivity contribution in [3.05, 3.63) is 23.3 Å². The molecule has 1 N–H and O–H groups in total. The average Bonchev–Trinajstić information content (AvgIpc) is 2.75. The van der Waals surface area contributed by atoms with Gasteiger partial charge < -0.3 is 9.84 Å². The van der Waals surface area contributed by atoms with Gasteiger partial charge in [0.2, 0.25) is 0 Å². The van der Waals surface area contributed by atoms with Crippen LogP contribution < -0.4 is 0 Å². The van der Waals surface area contributed by atoms with Crippen molar-refractivity contribution in [2.75, 3.05) is 0 Å². The van der Waals surface area contributed by atoms with Gasteiger partial charge in [0.25, 0.3) is 0 Å². The van der Waals surface area contributed by atoms with Gasteiger partial charge in [-0.15, -0.1) is 0 Å². The van der Waals surface area contributed by atoms with Crippen LogP contribution in [-0.4, -0.2) is 23.1 Å². The van der Waals surface area contributed by atoms with Gasteiger partial charge in [-0.25, -0.2) is 0 Å². The quantitative estimate of drug-likeness (QED) is 0.397. The van der Waals surface area contributed by atoms with Crippen molar-refractivity contribution in [2.45, 2.75) is 119 Å². The van der Waals surface area contributed by atoms with E-state index in [2.05, 4.69) is 60.6 Å². The van der Waals surface area contributed by atoms with Crippen LogP contribution >= 0.6 is 0 Å². The molecule has 4 heteroatoms. The lowest BCUT2D eigenvalue weighted by Crippen LogP contribution is -2.62. The number of allylic oxidation sites excluding steroid dienone is 4. The fourth-order valence-electron chi connectivity index (χ4n) is 10.3. The second-order valence-corrected chi connectivity index (χ2v) is 15.2. The molecular formula is C32H48O4. The van der Waals surface area contributed by atoms with Crippen LogP contribution in [0.1, 0.15) is 113 Å². The molecule has 0 saturated heterocycles. The minimum Gasteiger partial charge on any atom is -0.481 e. The zero-order chi connectivity index (χ0) is 26.5. The fourth-order valence-corrected chi connectivity index (χ4v) is 10.3. The van der Waals surface area contributed by atoms with Crippen molar-refractivity contribution in [3.8, 4) is 0 Å². The second kappa shape index (κ2) is 7.73. The summed E-state index contributed by atoms with van der Waals surface area (Å²) >= 11 is 0. The van der Waals surface area contributed by atoms with Gasteiger partial charge in [-0.2, -0.15) is 0 Å². The Morgan fingerprint density at radius 2 is 1.53 bits per heavy atom. The highest BCUT2D eigenvalue weighted by Crippen LogP contribution is 2.74. The summed E-state index contributed by atoms with van der Waals surface area (Å²) in [5.74, 6) is -0.175. The maximum Gasteiger partial charge on any atom is 0.310 e. The normalized spacial score (nSPS) is 46.6. The molecule has 4 saturated carbocycles. The predicted molar refractivity (Wildman–Crippen MR) is 142 cm³/mol. The maximum absolute atomic E-state index is 12.8. The highest BCUT2D eigenvalue weighted by molar-refractivity contribution is 5.77. The summed E-state index contributed by atoms with van der Waals surface area (Å²) in [5.41, 5.74) is 2.56. The summed E-state index contributed by atoms with van der Waals surface area (Å²) in [6.07, 6.45) is 13.5. The number of carbonyl (C=O) groups is 2. The lowest BCUT2D eigenvalue weighted by atomic mass is 9.36. The number of aliphatic carboxylic acids is 1. The van der Waals surface area contributed by atoms with E-state index in [0.29, 0.717) is 5.92 Å².